The molecule has 0 radical (unpaired) electrons. The first-order chi connectivity index (χ1) is 13.4. The molecule has 8 nitrogen and oxygen atoms in total. The molecular weight excluding hydrogens is 362 g/mol. The molecule has 1 aliphatic rings. The van der Waals surface area contributed by atoms with Crippen molar-refractivity contribution in [1.82, 2.24) is 15.3 Å². The van der Waals surface area contributed by atoms with Crippen LogP contribution in [0, 0.1) is 0 Å². The summed E-state index contributed by atoms with van der Waals surface area (Å²) in [4.78, 5) is 20.4. The van der Waals surface area contributed by atoms with Crippen molar-refractivity contribution in [2.75, 3.05) is 26.4 Å². The van der Waals surface area contributed by atoms with E-state index in [9.17, 15) is 4.79 Å². The zero-order chi connectivity index (χ0) is 20.0. The Morgan fingerprint density at radius 3 is 2.79 bits per heavy atom. The summed E-state index contributed by atoms with van der Waals surface area (Å²) < 4.78 is 21.8. The van der Waals surface area contributed by atoms with Gasteiger partial charge < -0.3 is 24.3 Å². The number of nitrogens with one attached hydrogen (secondary N) is 1. The van der Waals surface area contributed by atoms with E-state index in [0.29, 0.717) is 31.3 Å². The fourth-order valence-electron chi connectivity index (χ4n) is 2.54. The van der Waals surface area contributed by atoms with Crippen LogP contribution < -0.4 is 10.1 Å². The van der Waals surface area contributed by atoms with E-state index in [2.05, 4.69) is 15.3 Å². The minimum absolute atomic E-state index is 0.279. The lowest BCUT2D eigenvalue weighted by atomic mass is 10.1. The Labute approximate surface area is 164 Å². The molecular formula is C20H25N3O5. The van der Waals surface area contributed by atoms with Crippen molar-refractivity contribution < 1.29 is 23.7 Å². The van der Waals surface area contributed by atoms with Gasteiger partial charge in [-0.25, -0.2) is 9.78 Å². The number of pyridine rings is 2. The Hall–Kier alpha value is -2.71. The Morgan fingerprint density at radius 1 is 1.25 bits per heavy atom. The molecule has 1 aliphatic heterocycles. The first kappa shape index (κ1) is 20.0. The van der Waals surface area contributed by atoms with E-state index in [1.807, 2.05) is 45.0 Å². The molecule has 0 atom stereocenters. The summed E-state index contributed by atoms with van der Waals surface area (Å²) in [5.41, 5.74) is 1.82. The van der Waals surface area contributed by atoms with Crippen molar-refractivity contribution in [1.29, 1.82) is 0 Å². The highest BCUT2D eigenvalue weighted by Gasteiger charge is 2.20. The van der Waals surface area contributed by atoms with Gasteiger partial charge in [0.1, 0.15) is 12.2 Å². The number of hydrogen-bond donors (Lipinski definition) is 1. The molecule has 0 aliphatic carbocycles. The normalized spacial score (nSPS) is 14.7. The topological polar surface area (TPSA) is 91.8 Å². The quantitative estimate of drug-likeness (QED) is 0.762. The van der Waals surface area contributed by atoms with E-state index in [0.717, 1.165) is 11.3 Å². The van der Waals surface area contributed by atoms with Gasteiger partial charge in [0.15, 0.2) is 0 Å². The number of carbonyl (C=O) groups excluding carboxylic acids is 1. The van der Waals surface area contributed by atoms with E-state index in [1.165, 1.54) is 0 Å². The highest BCUT2D eigenvalue weighted by molar-refractivity contribution is 5.67. The summed E-state index contributed by atoms with van der Waals surface area (Å²) in [7, 11) is 0. The summed E-state index contributed by atoms with van der Waals surface area (Å²) in [5, 5.41) is 2.64. The van der Waals surface area contributed by atoms with Gasteiger partial charge in [-0.1, -0.05) is 6.07 Å². The zero-order valence-electron chi connectivity index (χ0n) is 16.3. The van der Waals surface area contributed by atoms with Crippen molar-refractivity contribution in [3.63, 3.8) is 0 Å². The fourth-order valence-corrected chi connectivity index (χ4v) is 2.54. The Kier molecular flexibility index (Phi) is 6.43. The largest absolute Gasteiger partial charge is 0.476 e. The van der Waals surface area contributed by atoms with Crippen molar-refractivity contribution in [2.45, 2.75) is 32.7 Å². The van der Waals surface area contributed by atoms with Crippen LogP contribution in [0.15, 0.2) is 36.5 Å². The number of ether oxygens (including phenoxy) is 4. The van der Waals surface area contributed by atoms with Crippen molar-refractivity contribution in [2.24, 2.45) is 0 Å². The van der Waals surface area contributed by atoms with Gasteiger partial charge in [-0.2, -0.15) is 0 Å². The third kappa shape index (κ3) is 5.90. The van der Waals surface area contributed by atoms with Gasteiger partial charge in [0.05, 0.1) is 31.1 Å². The number of carbonyl (C=O) groups is 1. The highest BCUT2D eigenvalue weighted by atomic mass is 16.7. The minimum atomic E-state index is -0.529. The van der Waals surface area contributed by atoms with Crippen LogP contribution >= 0.6 is 0 Å². The van der Waals surface area contributed by atoms with Crippen LogP contribution in [0.3, 0.4) is 0 Å². The third-order valence-electron chi connectivity index (χ3n) is 3.68. The van der Waals surface area contributed by atoms with Gasteiger partial charge in [0.2, 0.25) is 12.2 Å². The molecule has 3 heterocycles. The fraction of sp³-hybridized carbons (Fsp3) is 0.450. The standard InChI is InChI=1S/C20H25N3O5/c1-20(2,3)28-19(24)22-9-10-25-17-6-4-5-15(23-17)14-7-8-21-16(13-14)18-26-11-12-27-18/h4-8,13,18H,9-12H2,1-3H3,(H,22,24). The van der Waals surface area contributed by atoms with Crippen LogP contribution in [0.25, 0.3) is 11.3 Å². The number of alkyl carbamates (subject to hydrolysis) is 1. The maximum Gasteiger partial charge on any atom is 0.407 e. The number of rotatable bonds is 6. The van der Waals surface area contributed by atoms with Gasteiger partial charge in [-0.15, -0.1) is 0 Å². The molecule has 1 saturated heterocycles. The number of hydrogen-bond acceptors (Lipinski definition) is 7. The summed E-state index contributed by atoms with van der Waals surface area (Å²) in [6.07, 6.45) is 0.798. The molecule has 150 valence electrons. The van der Waals surface area contributed by atoms with Crippen molar-refractivity contribution in [3.8, 4) is 17.1 Å². The van der Waals surface area contributed by atoms with Crippen molar-refractivity contribution in [3.05, 3.63) is 42.2 Å². The molecule has 1 fully saturated rings. The average molecular weight is 387 g/mol. The zero-order valence-corrected chi connectivity index (χ0v) is 16.3. The Bertz CT molecular complexity index is 800. The first-order valence-electron chi connectivity index (χ1n) is 9.17. The van der Waals surface area contributed by atoms with Crippen LogP contribution in [0.1, 0.15) is 32.8 Å². The predicted octanol–water partition coefficient (Wildman–Crippen LogP) is 3.09. The van der Waals surface area contributed by atoms with Gasteiger partial charge in [-0.05, 0) is 39.0 Å². The lowest BCUT2D eigenvalue weighted by molar-refractivity contribution is -0.0472. The minimum Gasteiger partial charge on any atom is -0.476 e. The summed E-state index contributed by atoms with van der Waals surface area (Å²) >= 11 is 0. The predicted molar refractivity (Wildman–Crippen MR) is 102 cm³/mol. The van der Waals surface area contributed by atoms with Gasteiger partial charge in [0.25, 0.3) is 0 Å². The van der Waals surface area contributed by atoms with E-state index >= 15 is 0 Å². The molecule has 28 heavy (non-hydrogen) atoms. The molecule has 0 aromatic carbocycles. The number of nitrogens with zero attached hydrogens (tertiary/aromatic N) is 2. The van der Waals surface area contributed by atoms with E-state index in [4.69, 9.17) is 18.9 Å². The summed E-state index contributed by atoms with van der Waals surface area (Å²) in [5.74, 6) is 0.468. The second-order valence-corrected chi connectivity index (χ2v) is 7.18. The van der Waals surface area contributed by atoms with Crippen LogP contribution in [0.4, 0.5) is 4.79 Å². The average Bonchev–Trinajstić information content (AvgIpc) is 3.19. The summed E-state index contributed by atoms with van der Waals surface area (Å²) in [6.45, 7) is 7.17. The molecule has 0 saturated carbocycles. The monoisotopic (exact) mass is 387 g/mol. The molecule has 8 heteroatoms. The van der Waals surface area contributed by atoms with E-state index in [1.54, 1.807) is 12.3 Å². The first-order valence-corrected chi connectivity index (χ1v) is 9.17. The maximum atomic E-state index is 11.6. The molecule has 1 N–H and O–H groups in total. The lowest BCUT2D eigenvalue weighted by Crippen LogP contribution is -2.34. The van der Waals surface area contributed by atoms with E-state index in [-0.39, 0.29) is 6.61 Å². The van der Waals surface area contributed by atoms with Crippen LogP contribution in [-0.4, -0.2) is 48.0 Å². The number of amides is 1. The highest BCUT2D eigenvalue weighted by Crippen LogP contribution is 2.26. The molecule has 0 unspecified atom stereocenters. The van der Waals surface area contributed by atoms with E-state index < -0.39 is 18.0 Å². The Balaban J connectivity index is 1.56. The van der Waals surface area contributed by atoms with Gasteiger partial charge in [0, 0.05) is 17.8 Å². The molecule has 2 aromatic rings. The molecule has 3 rings (SSSR count). The van der Waals surface area contributed by atoms with Crippen LogP contribution in [0.2, 0.25) is 0 Å². The molecule has 2 aromatic heterocycles. The molecule has 1 amide bonds. The smallest absolute Gasteiger partial charge is 0.407 e. The lowest BCUT2D eigenvalue weighted by Gasteiger charge is -2.19. The third-order valence-corrected chi connectivity index (χ3v) is 3.68. The molecule has 0 bridgehead atoms. The van der Waals surface area contributed by atoms with Crippen LogP contribution in [0.5, 0.6) is 5.88 Å². The second kappa shape index (κ2) is 8.99. The maximum absolute atomic E-state index is 11.6. The number of aromatic nitrogens is 2. The van der Waals surface area contributed by atoms with Gasteiger partial charge >= 0.3 is 6.09 Å². The Morgan fingerprint density at radius 2 is 2.04 bits per heavy atom. The SMILES string of the molecule is CC(C)(C)OC(=O)NCCOc1cccc(-c2ccnc(C3OCCO3)c2)n1. The van der Waals surface area contributed by atoms with Crippen LogP contribution in [-0.2, 0) is 14.2 Å². The van der Waals surface area contributed by atoms with Crippen molar-refractivity contribution >= 4 is 6.09 Å². The second-order valence-electron chi connectivity index (χ2n) is 7.18. The van der Waals surface area contributed by atoms with Gasteiger partial charge in [-0.3, -0.25) is 4.98 Å². The summed E-state index contributed by atoms with van der Waals surface area (Å²) in [6, 6.07) is 9.28. The molecule has 0 spiro atoms.